The van der Waals surface area contributed by atoms with Gasteiger partial charge in [0.2, 0.25) is 0 Å². The standard InChI is InChI=1S/C14H17IN2O3/c1-10-3-2-4-11(13(10)15)14(20)17-7-5-16(6-8-17)9-12(18)19/h2-4H,5-9H2,1H3,(H,18,19). The van der Waals surface area contributed by atoms with E-state index in [2.05, 4.69) is 22.6 Å². The van der Waals surface area contributed by atoms with Crippen LogP contribution in [0.15, 0.2) is 18.2 Å². The molecule has 1 aliphatic rings. The van der Waals surface area contributed by atoms with E-state index >= 15 is 0 Å². The Morgan fingerprint density at radius 1 is 1.25 bits per heavy atom. The molecule has 1 amide bonds. The van der Waals surface area contributed by atoms with E-state index in [0.717, 1.165) is 14.7 Å². The minimum atomic E-state index is -0.821. The molecule has 0 aliphatic carbocycles. The van der Waals surface area contributed by atoms with Gasteiger partial charge in [0.25, 0.3) is 5.91 Å². The highest BCUT2D eigenvalue weighted by Gasteiger charge is 2.24. The largest absolute Gasteiger partial charge is 0.480 e. The number of aliphatic carboxylic acids is 1. The van der Waals surface area contributed by atoms with Crippen LogP contribution in [-0.2, 0) is 4.79 Å². The summed E-state index contributed by atoms with van der Waals surface area (Å²) in [7, 11) is 0. The first kappa shape index (κ1) is 15.2. The number of hydrogen-bond acceptors (Lipinski definition) is 3. The molecule has 1 aliphatic heterocycles. The first-order valence-corrected chi connectivity index (χ1v) is 7.55. The highest BCUT2D eigenvalue weighted by Crippen LogP contribution is 2.19. The molecule has 1 fully saturated rings. The van der Waals surface area contributed by atoms with Crippen molar-refractivity contribution in [1.82, 2.24) is 9.80 Å². The molecule has 0 unspecified atom stereocenters. The number of carbonyl (C=O) groups excluding carboxylic acids is 1. The summed E-state index contributed by atoms with van der Waals surface area (Å²) >= 11 is 2.20. The van der Waals surface area contributed by atoms with Crippen LogP contribution >= 0.6 is 22.6 Å². The fourth-order valence-electron chi connectivity index (χ4n) is 2.28. The molecule has 0 saturated carbocycles. The van der Waals surface area contributed by atoms with Crippen molar-refractivity contribution < 1.29 is 14.7 Å². The molecule has 20 heavy (non-hydrogen) atoms. The fourth-order valence-corrected chi connectivity index (χ4v) is 2.87. The maximum absolute atomic E-state index is 12.5. The Hall–Kier alpha value is -1.15. The van der Waals surface area contributed by atoms with Gasteiger partial charge in [-0.05, 0) is 41.1 Å². The molecule has 1 heterocycles. The Morgan fingerprint density at radius 3 is 2.50 bits per heavy atom. The number of hydrogen-bond donors (Lipinski definition) is 1. The molecule has 2 rings (SSSR count). The van der Waals surface area contributed by atoms with Crippen LogP contribution in [0.2, 0.25) is 0 Å². The van der Waals surface area contributed by atoms with Gasteiger partial charge in [-0.1, -0.05) is 12.1 Å². The second kappa shape index (κ2) is 6.53. The van der Waals surface area contributed by atoms with Gasteiger partial charge in [-0.15, -0.1) is 0 Å². The number of benzene rings is 1. The number of carboxylic acid groups (broad SMARTS) is 1. The van der Waals surface area contributed by atoms with Gasteiger partial charge in [-0.3, -0.25) is 14.5 Å². The fraction of sp³-hybridized carbons (Fsp3) is 0.429. The van der Waals surface area contributed by atoms with Gasteiger partial charge >= 0.3 is 5.97 Å². The zero-order chi connectivity index (χ0) is 14.7. The monoisotopic (exact) mass is 388 g/mol. The summed E-state index contributed by atoms with van der Waals surface area (Å²) in [4.78, 5) is 26.8. The van der Waals surface area contributed by atoms with E-state index in [9.17, 15) is 9.59 Å². The molecular weight excluding hydrogens is 371 g/mol. The van der Waals surface area contributed by atoms with E-state index in [4.69, 9.17) is 5.11 Å². The van der Waals surface area contributed by atoms with Crippen LogP contribution in [0.5, 0.6) is 0 Å². The van der Waals surface area contributed by atoms with E-state index in [0.29, 0.717) is 26.2 Å². The lowest BCUT2D eigenvalue weighted by Gasteiger charge is -2.34. The smallest absolute Gasteiger partial charge is 0.317 e. The van der Waals surface area contributed by atoms with Crippen molar-refractivity contribution in [3.05, 3.63) is 32.9 Å². The van der Waals surface area contributed by atoms with Gasteiger partial charge in [-0.25, -0.2) is 0 Å². The van der Waals surface area contributed by atoms with Crippen LogP contribution in [0.3, 0.4) is 0 Å². The number of amides is 1. The normalized spacial score (nSPS) is 16.2. The predicted molar refractivity (Wildman–Crippen MR) is 83.9 cm³/mol. The molecule has 1 aromatic carbocycles. The number of carboxylic acids is 1. The molecule has 108 valence electrons. The lowest BCUT2D eigenvalue weighted by Crippen LogP contribution is -2.50. The van der Waals surface area contributed by atoms with Crippen molar-refractivity contribution in [2.75, 3.05) is 32.7 Å². The molecule has 1 N–H and O–H groups in total. The number of halogens is 1. The molecule has 6 heteroatoms. The number of piperazine rings is 1. The Kier molecular flexibility index (Phi) is 4.98. The molecule has 0 atom stereocenters. The zero-order valence-electron chi connectivity index (χ0n) is 11.3. The second-order valence-electron chi connectivity index (χ2n) is 4.90. The lowest BCUT2D eigenvalue weighted by molar-refractivity contribution is -0.138. The highest BCUT2D eigenvalue weighted by atomic mass is 127. The Bertz CT molecular complexity index is 525. The maximum atomic E-state index is 12.5. The van der Waals surface area contributed by atoms with Gasteiger partial charge < -0.3 is 10.0 Å². The van der Waals surface area contributed by atoms with Gasteiger partial charge in [0.15, 0.2) is 0 Å². The Labute approximate surface area is 131 Å². The van der Waals surface area contributed by atoms with Crippen molar-refractivity contribution in [1.29, 1.82) is 0 Å². The molecule has 0 spiro atoms. The molecule has 5 nitrogen and oxygen atoms in total. The quantitative estimate of drug-likeness (QED) is 0.797. The van der Waals surface area contributed by atoms with Crippen LogP contribution in [0.25, 0.3) is 0 Å². The Morgan fingerprint density at radius 2 is 1.90 bits per heavy atom. The highest BCUT2D eigenvalue weighted by molar-refractivity contribution is 14.1. The van der Waals surface area contributed by atoms with Gasteiger partial charge in [0.05, 0.1) is 12.1 Å². The third kappa shape index (κ3) is 3.49. The predicted octanol–water partition coefficient (Wildman–Crippen LogP) is 1.44. The Balaban J connectivity index is 2.02. The van der Waals surface area contributed by atoms with Crippen molar-refractivity contribution in [2.24, 2.45) is 0 Å². The number of carbonyl (C=O) groups is 2. The third-order valence-electron chi connectivity index (χ3n) is 3.44. The number of nitrogens with zero attached hydrogens (tertiary/aromatic N) is 2. The number of aryl methyl sites for hydroxylation is 1. The van der Waals surface area contributed by atoms with E-state index in [-0.39, 0.29) is 12.5 Å². The van der Waals surface area contributed by atoms with Crippen LogP contribution in [-0.4, -0.2) is 59.5 Å². The lowest BCUT2D eigenvalue weighted by atomic mass is 10.1. The van der Waals surface area contributed by atoms with Crippen molar-refractivity contribution in [2.45, 2.75) is 6.92 Å². The van der Waals surface area contributed by atoms with E-state index < -0.39 is 5.97 Å². The van der Waals surface area contributed by atoms with Gasteiger partial charge in [-0.2, -0.15) is 0 Å². The molecule has 0 aromatic heterocycles. The molecule has 0 bridgehead atoms. The first-order valence-electron chi connectivity index (χ1n) is 6.47. The van der Waals surface area contributed by atoms with Crippen molar-refractivity contribution >= 4 is 34.5 Å². The molecule has 0 radical (unpaired) electrons. The van der Waals surface area contributed by atoms with Crippen molar-refractivity contribution in [3.63, 3.8) is 0 Å². The summed E-state index contributed by atoms with van der Waals surface area (Å²) in [5.41, 5.74) is 1.83. The third-order valence-corrected chi connectivity index (χ3v) is 4.87. The van der Waals surface area contributed by atoms with Crippen LogP contribution in [0, 0.1) is 10.5 Å². The summed E-state index contributed by atoms with van der Waals surface area (Å²) in [6, 6.07) is 5.73. The minimum absolute atomic E-state index is 0.0353. The average molecular weight is 388 g/mol. The van der Waals surface area contributed by atoms with Crippen LogP contribution in [0.4, 0.5) is 0 Å². The number of rotatable bonds is 3. The second-order valence-corrected chi connectivity index (χ2v) is 5.98. The van der Waals surface area contributed by atoms with E-state index in [1.54, 1.807) is 4.90 Å². The first-order chi connectivity index (χ1) is 9.49. The van der Waals surface area contributed by atoms with E-state index in [1.165, 1.54) is 0 Å². The van der Waals surface area contributed by atoms with Crippen LogP contribution < -0.4 is 0 Å². The van der Waals surface area contributed by atoms with Gasteiger partial charge in [0.1, 0.15) is 0 Å². The summed E-state index contributed by atoms with van der Waals surface area (Å²) in [5.74, 6) is -0.786. The summed E-state index contributed by atoms with van der Waals surface area (Å²) in [5, 5.41) is 8.76. The van der Waals surface area contributed by atoms with Gasteiger partial charge in [0, 0.05) is 29.7 Å². The summed E-state index contributed by atoms with van der Waals surface area (Å²) in [6.07, 6.45) is 0. The average Bonchev–Trinajstić information content (AvgIpc) is 2.41. The minimum Gasteiger partial charge on any atom is -0.480 e. The SMILES string of the molecule is Cc1cccc(C(=O)N2CCN(CC(=O)O)CC2)c1I. The molecule has 1 aromatic rings. The van der Waals surface area contributed by atoms with Crippen molar-refractivity contribution in [3.8, 4) is 0 Å². The molecular formula is C14H17IN2O3. The summed E-state index contributed by atoms with van der Waals surface area (Å²) in [6.45, 7) is 4.42. The zero-order valence-corrected chi connectivity index (χ0v) is 13.5. The summed E-state index contributed by atoms with van der Waals surface area (Å²) < 4.78 is 0.989. The van der Waals surface area contributed by atoms with Crippen LogP contribution in [0.1, 0.15) is 15.9 Å². The van der Waals surface area contributed by atoms with E-state index in [1.807, 2.05) is 30.0 Å². The molecule has 1 saturated heterocycles. The topological polar surface area (TPSA) is 60.9 Å². The maximum Gasteiger partial charge on any atom is 0.317 e.